The quantitative estimate of drug-likeness (QED) is 0.470. The first kappa shape index (κ1) is 13.7. The van der Waals surface area contributed by atoms with Crippen molar-refractivity contribution in [1.82, 2.24) is 14.3 Å². The van der Waals surface area contributed by atoms with Gasteiger partial charge in [-0.3, -0.25) is 14.7 Å². The summed E-state index contributed by atoms with van der Waals surface area (Å²) in [7, 11) is 0. The molecule has 0 saturated heterocycles. The van der Waals surface area contributed by atoms with Crippen molar-refractivity contribution < 1.29 is 4.92 Å². The normalized spacial score (nSPS) is 10.4. The fraction of sp³-hybridized carbons (Fsp3) is 0.231. The smallest absolute Gasteiger partial charge is 0.275 e. The lowest BCUT2D eigenvalue weighted by atomic mass is 10.2. The number of aromatic nitrogens is 3. The van der Waals surface area contributed by atoms with Crippen LogP contribution in [0.25, 0.3) is 0 Å². The van der Waals surface area contributed by atoms with Crippen molar-refractivity contribution in [1.29, 1.82) is 0 Å². The summed E-state index contributed by atoms with van der Waals surface area (Å²) in [6.07, 6.45) is 1.62. The van der Waals surface area contributed by atoms with Gasteiger partial charge in [-0.05, 0) is 12.5 Å². The van der Waals surface area contributed by atoms with Gasteiger partial charge in [0.25, 0.3) is 5.69 Å². The molecule has 1 aromatic heterocycles. The Bertz CT molecular complexity index is 715. The Hall–Kier alpha value is -2.70. The van der Waals surface area contributed by atoms with E-state index in [1.54, 1.807) is 25.1 Å². The lowest BCUT2D eigenvalue weighted by Crippen LogP contribution is -2.25. The van der Waals surface area contributed by atoms with Crippen molar-refractivity contribution in [3.8, 4) is 0 Å². The van der Waals surface area contributed by atoms with Crippen LogP contribution in [0.1, 0.15) is 11.4 Å². The highest BCUT2D eigenvalue weighted by atomic mass is 16.6. The van der Waals surface area contributed by atoms with Crippen LogP contribution in [0, 0.1) is 17.0 Å². The van der Waals surface area contributed by atoms with Gasteiger partial charge >= 0.3 is 5.69 Å². The van der Waals surface area contributed by atoms with E-state index in [-0.39, 0.29) is 17.9 Å². The number of rotatable bonds is 5. The van der Waals surface area contributed by atoms with E-state index in [4.69, 9.17) is 0 Å². The standard InChI is InChI=1S/C13H14N4O3/c1-3-7-15-10(2)14-16(13(15)18)9-11-5-4-6-12(8-11)17(19)20/h3-6,8H,1,7,9H2,2H3. The monoisotopic (exact) mass is 274 g/mol. The summed E-state index contributed by atoms with van der Waals surface area (Å²) in [6.45, 7) is 5.91. The molecule has 0 bridgehead atoms. The fourth-order valence-electron chi connectivity index (χ4n) is 1.93. The average Bonchev–Trinajstić information content (AvgIpc) is 2.67. The summed E-state index contributed by atoms with van der Waals surface area (Å²) in [6, 6.07) is 6.16. The van der Waals surface area contributed by atoms with Crippen LogP contribution < -0.4 is 5.69 Å². The van der Waals surface area contributed by atoms with Crippen LogP contribution in [-0.4, -0.2) is 19.3 Å². The van der Waals surface area contributed by atoms with Gasteiger partial charge in [0, 0.05) is 18.7 Å². The minimum atomic E-state index is -0.464. The van der Waals surface area contributed by atoms with Gasteiger partial charge in [-0.15, -0.1) is 6.58 Å². The average molecular weight is 274 g/mol. The summed E-state index contributed by atoms with van der Waals surface area (Å²) < 4.78 is 2.78. The number of allylic oxidation sites excluding steroid dienone is 1. The Kier molecular flexibility index (Phi) is 3.79. The maximum atomic E-state index is 12.1. The van der Waals surface area contributed by atoms with Gasteiger partial charge in [0.05, 0.1) is 11.5 Å². The Morgan fingerprint density at radius 1 is 1.50 bits per heavy atom. The highest BCUT2D eigenvalue weighted by Gasteiger charge is 2.11. The van der Waals surface area contributed by atoms with E-state index < -0.39 is 4.92 Å². The zero-order valence-electron chi connectivity index (χ0n) is 11.0. The van der Waals surface area contributed by atoms with Gasteiger partial charge in [0.1, 0.15) is 5.82 Å². The van der Waals surface area contributed by atoms with E-state index >= 15 is 0 Å². The van der Waals surface area contributed by atoms with Gasteiger partial charge < -0.3 is 0 Å². The molecule has 0 N–H and O–H groups in total. The topological polar surface area (TPSA) is 83.0 Å². The molecule has 0 atom stereocenters. The lowest BCUT2D eigenvalue weighted by Gasteiger charge is -2.00. The lowest BCUT2D eigenvalue weighted by molar-refractivity contribution is -0.384. The van der Waals surface area contributed by atoms with Crippen molar-refractivity contribution in [2.45, 2.75) is 20.0 Å². The van der Waals surface area contributed by atoms with E-state index in [0.717, 1.165) is 0 Å². The summed E-state index contributed by atoms with van der Waals surface area (Å²) in [5.41, 5.74) is 0.399. The first-order chi connectivity index (χ1) is 9.52. The maximum absolute atomic E-state index is 12.1. The number of non-ortho nitro benzene ring substituents is 1. The van der Waals surface area contributed by atoms with E-state index in [1.807, 2.05) is 0 Å². The molecule has 0 spiro atoms. The molecule has 7 heteroatoms. The molecule has 0 radical (unpaired) electrons. The van der Waals surface area contributed by atoms with E-state index in [1.165, 1.54) is 21.4 Å². The largest absolute Gasteiger partial charge is 0.346 e. The fourth-order valence-corrected chi connectivity index (χ4v) is 1.93. The van der Waals surface area contributed by atoms with Crippen LogP contribution in [0.5, 0.6) is 0 Å². The molecular formula is C13H14N4O3. The molecule has 2 rings (SSSR count). The molecule has 0 amide bonds. The summed E-state index contributed by atoms with van der Waals surface area (Å²) >= 11 is 0. The number of nitrogens with zero attached hydrogens (tertiary/aromatic N) is 4. The molecule has 1 aromatic carbocycles. The Morgan fingerprint density at radius 3 is 2.90 bits per heavy atom. The maximum Gasteiger partial charge on any atom is 0.346 e. The zero-order chi connectivity index (χ0) is 14.7. The molecule has 7 nitrogen and oxygen atoms in total. The molecule has 0 fully saturated rings. The second-order valence-corrected chi connectivity index (χ2v) is 4.31. The molecule has 0 aliphatic rings. The van der Waals surface area contributed by atoms with Gasteiger partial charge in [-0.25, -0.2) is 9.48 Å². The summed E-state index contributed by atoms with van der Waals surface area (Å²) in [4.78, 5) is 22.3. The molecule has 0 saturated carbocycles. The van der Waals surface area contributed by atoms with Crippen LogP contribution in [-0.2, 0) is 13.1 Å². The SMILES string of the molecule is C=CCn1c(C)nn(Cc2cccc([N+](=O)[O-])c2)c1=O. The van der Waals surface area contributed by atoms with Crippen LogP contribution in [0.2, 0.25) is 0 Å². The molecule has 20 heavy (non-hydrogen) atoms. The predicted octanol–water partition coefficient (Wildman–Crippen LogP) is 1.50. The number of hydrogen-bond donors (Lipinski definition) is 0. The zero-order valence-corrected chi connectivity index (χ0v) is 11.0. The molecule has 0 aliphatic carbocycles. The summed E-state index contributed by atoms with van der Waals surface area (Å²) in [5, 5.41) is 14.9. The first-order valence-corrected chi connectivity index (χ1v) is 6.01. The number of benzene rings is 1. The molecular weight excluding hydrogens is 260 g/mol. The van der Waals surface area contributed by atoms with Gasteiger partial charge in [-0.1, -0.05) is 18.2 Å². The van der Waals surface area contributed by atoms with Crippen LogP contribution in [0.4, 0.5) is 5.69 Å². The molecule has 0 unspecified atom stereocenters. The number of aryl methyl sites for hydroxylation is 1. The van der Waals surface area contributed by atoms with Gasteiger partial charge in [0.2, 0.25) is 0 Å². The van der Waals surface area contributed by atoms with Crippen molar-refractivity contribution >= 4 is 5.69 Å². The van der Waals surface area contributed by atoms with Crippen molar-refractivity contribution in [3.63, 3.8) is 0 Å². The molecule has 0 aliphatic heterocycles. The third-order valence-electron chi connectivity index (χ3n) is 2.87. The molecule has 104 valence electrons. The highest BCUT2D eigenvalue weighted by molar-refractivity contribution is 5.34. The third kappa shape index (κ3) is 2.66. The first-order valence-electron chi connectivity index (χ1n) is 6.01. The Morgan fingerprint density at radius 2 is 2.25 bits per heavy atom. The minimum absolute atomic E-state index is 0.00204. The Balaban J connectivity index is 2.33. The predicted molar refractivity (Wildman–Crippen MR) is 73.6 cm³/mol. The van der Waals surface area contributed by atoms with E-state index in [9.17, 15) is 14.9 Å². The van der Waals surface area contributed by atoms with Crippen LogP contribution in [0.15, 0.2) is 41.7 Å². The van der Waals surface area contributed by atoms with E-state index in [0.29, 0.717) is 17.9 Å². The van der Waals surface area contributed by atoms with Crippen LogP contribution >= 0.6 is 0 Å². The van der Waals surface area contributed by atoms with E-state index in [2.05, 4.69) is 11.7 Å². The van der Waals surface area contributed by atoms with Crippen LogP contribution in [0.3, 0.4) is 0 Å². The van der Waals surface area contributed by atoms with Gasteiger partial charge in [-0.2, -0.15) is 5.10 Å². The third-order valence-corrected chi connectivity index (χ3v) is 2.87. The van der Waals surface area contributed by atoms with Crippen molar-refractivity contribution in [2.24, 2.45) is 0 Å². The van der Waals surface area contributed by atoms with Crippen molar-refractivity contribution in [3.05, 3.63) is 68.9 Å². The second kappa shape index (κ2) is 5.52. The molecule has 2 aromatic rings. The molecule has 1 heterocycles. The number of hydrogen-bond acceptors (Lipinski definition) is 4. The number of nitro groups is 1. The second-order valence-electron chi connectivity index (χ2n) is 4.31. The van der Waals surface area contributed by atoms with Gasteiger partial charge in [0.15, 0.2) is 0 Å². The number of nitro benzene ring substituents is 1. The highest BCUT2D eigenvalue weighted by Crippen LogP contribution is 2.13. The Labute approximate surface area is 114 Å². The van der Waals surface area contributed by atoms with Crippen molar-refractivity contribution in [2.75, 3.05) is 0 Å². The minimum Gasteiger partial charge on any atom is -0.275 e. The summed E-state index contributed by atoms with van der Waals surface area (Å²) in [5.74, 6) is 0.584.